The molecule has 0 radical (unpaired) electrons. The third-order valence-corrected chi connectivity index (χ3v) is 1.14. The van der Waals surface area contributed by atoms with Gasteiger partial charge in [0.1, 0.15) is 0 Å². The molecule has 4 heteroatoms. The van der Waals surface area contributed by atoms with E-state index in [2.05, 4.69) is 10.1 Å². The Morgan fingerprint density at radius 2 is 2.33 bits per heavy atom. The van der Waals surface area contributed by atoms with Crippen LogP contribution in [0.15, 0.2) is 0 Å². The Morgan fingerprint density at radius 3 is 2.67 bits per heavy atom. The largest absolute Gasteiger partial charge is 0.368 e. The van der Waals surface area contributed by atoms with Gasteiger partial charge in [-0.05, 0) is 6.92 Å². The summed E-state index contributed by atoms with van der Waals surface area (Å²) < 4.78 is 28.6. The molecule has 0 aliphatic carbocycles. The molecule has 1 N–H and O–H groups in total. The molecule has 1 fully saturated rings. The lowest BCUT2D eigenvalue weighted by molar-refractivity contribution is -0.269. The molecule has 1 aliphatic heterocycles. The van der Waals surface area contributed by atoms with Crippen molar-refractivity contribution in [2.24, 2.45) is 0 Å². The molecule has 0 aromatic heterocycles. The average Bonchev–Trinajstić information content (AvgIpc) is 1.60. The van der Waals surface area contributed by atoms with Crippen LogP contribution < -0.4 is 5.32 Å². The van der Waals surface area contributed by atoms with Crippen molar-refractivity contribution >= 4 is 0 Å². The van der Waals surface area contributed by atoms with Gasteiger partial charge in [-0.15, -0.1) is 0 Å². The summed E-state index contributed by atoms with van der Waals surface area (Å²) >= 11 is 0. The third-order valence-electron chi connectivity index (χ3n) is 1.14. The van der Waals surface area contributed by atoms with Crippen LogP contribution >= 0.6 is 0 Å². The van der Waals surface area contributed by atoms with Crippen molar-refractivity contribution in [1.82, 2.24) is 5.32 Å². The number of alkyl halides is 2. The highest BCUT2D eigenvalue weighted by atomic mass is 19.3. The summed E-state index contributed by atoms with van der Waals surface area (Å²) in [7, 11) is 0. The van der Waals surface area contributed by atoms with Gasteiger partial charge in [0.15, 0.2) is 0 Å². The first-order valence-electron chi connectivity index (χ1n) is 2.86. The number of hydrogen-bond donors (Lipinski definition) is 1. The minimum absolute atomic E-state index is 0.364. The lowest BCUT2D eigenvalue weighted by Crippen LogP contribution is -2.47. The van der Waals surface area contributed by atoms with E-state index in [9.17, 15) is 8.78 Å². The Bertz CT molecular complexity index is 107. The van der Waals surface area contributed by atoms with Crippen LogP contribution in [0.5, 0.6) is 0 Å². The minimum atomic E-state index is -2.96. The fourth-order valence-electron chi connectivity index (χ4n) is 0.799. The van der Waals surface area contributed by atoms with Gasteiger partial charge in [-0.3, -0.25) is 0 Å². The maximum Gasteiger partial charge on any atom is 0.368 e. The number of rotatable bonds is 0. The highest BCUT2D eigenvalue weighted by Crippen LogP contribution is 2.18. The van der Waals surface area contributed by atoms with Crippen LogP contribution in [0.25, 0.3) is 0 Å². The lowest BCUT2D eigenvalue weighted by atomic mass is 10.3. The Hall–Kier alpha value is -0.220. The van der Waals surface area contributed by atoms with Gasteiger partial charge in [-0.2, -0.15) is 8.78 Å². The topological polar surface area (TPSA) is 21.3 Å². The summed E-state index contributed by atoms with van der Waals surface area (Å²) in [6, 6.07) is 0. The average molecular weight is 137 g/mol. The quantitative estimate of drug-likeness (QED) is 0.527. The zero-order chi connectivity index (χ0) is 6.91. The number of ether oxygens (including phenoxy) is 1. The number of morpholine rings is 1. The molecule has 1 saturated heterocycles. The molecular weight excluding hydrogens is 128 g/mol. The maximum atomic E-state index is 12.2. The lowest BCUT2D eigenvalue weighted by Gasteiger charge is -2.27. The Labute approximate surface area is 52.2 Å². The van der Waals surface area contributed by atoms with E-state index in [0.29, 0.717) is 6.54 Å². The van der Waals surface area contributed by atoms with Crippen molar-refractivity contribution < 1.29 is 13.5 Å². The van der Waals surface area contributed by atoms with E-state index in [4.69, 9.17) is 0 Å². The molecule has 54 valence electrons. The zero-order valence-electron chi connectivity index (χ0n) is 5.16. The Kier molecular flexibility index (Phi) is 1.68. The summed E-state index contributed by atoms with van der Waals surface area (Å²) in [6.07, 6.45) is -3.34. The van der Waals surface area contributed by atoms with Crippen LogP contribution in [0.4, 0.5) is 8.78 Å². The Balaban J connectivity index is 2.41. The fraction of sp³-hybridized carbons (Fsp3) is 1.00. The van der Waals surface area contributed by atoms with Crippen LogP contribution in [0.1, 0.15) is 6.92 Å². The second-order valence-electron chi connectivity index (χ2n) is 2.20. The molecule has 0 aromatic carbocycles. The van der Waals surface area contributed by atoms with Crippen LogP contribution in [0.2, 0.25) is 0 Å². The van der Waals surface area contributed by atoms with Gasteiger partial charge in [-0.1, -0.05) is 0 Å². The first-order valence-corrected chi connectivity index (χ1v) is 2.86. The molecule has 0 saturated carbocycles. The van der Waals surface area contributed by atoms with Gasteiger partial charge in [0.25, 0.3) is 0 Å². The van der Waals surface area contributed by atoms with E-state index < -0.39 is 6.11 Å². The SMILES string of the molecule is C[C@H]1CNCC(F)(F)O1. The number of nitrogens with one attached hydrogen (secondary N) is 1. The predicted molar refractivity (Wildman–Crippen MR) is 28.4 cm³/mol. The predicted octanol–water partition coefficient (Wildman–Crippen LogP) is 0.587. The summed E-state index contributed by atoms with van der Waals surface area (Å²) in [4.78, 5) is 0. The van der Waals surface area contributed by atoms with Gasteiger partial charge in [0.05, 0.1) is 12.6 Å². The molecule has 0 spiro atoms. The van der Waals surface area contributed by atoms with Crippen molar-refractivity contribution in [3.8, 4) is 0 Å². The second-order valence-corrected chi connectivity index (χ2v) is 2.20. The van der Waals surface area contributed by atoms with Crippen molar-refractivity contribution in [3.05, 3.63) is 0 Å². The van der Waals surface area contributed by atoms with Crippen LogP contribution in [0, 0.1) is 0 Å². The summed E-state index contributed by atoms with van der Waals surface area (Å²) in [5.74, 6) is 0. The smallest absolute Gasteiger partial charge is 0.315 e. The molecule has 1 heterocycles. The summed E-state index contributed by atoms with van der Waals surface area (Å²) in [5, 5.41) is 2.55. The van der Waals surface area contributed by atoms with Crippen LogP contribution in [-0.4, -0.2) is 25.3 Å². The van der Waals surface area contributed by atoms with E-state index in [0.717, 1.165) is 0 Å². The van der Waals surface area contributed by atoms with E-state index in [1.165, 1.54) is 0 Å². The molecule has 0 amide bonds. The molecule has 9 heavy (non-hydrogen) atoms. The Morgan fingerprint density at radius 1 is 1.67 bits per heavy atom. The summed E-state index contributed by atoms with van der Waals surface area (Å²) in [6.45, 7) is 1.76. The third kappa shape index (κ3) is 1.87. The zero-order valence-corrected chi connectivity index (χ0v) is 5.16. The van der Waals surface area contributed by atoms with Gasteiger partial charge >= 0.3 is 6.11 Å². The van der Waals surface area contributed by atoms with Crippen molar-refractivity contribution in [2.75, 3.05) is 13.1 Å². The highest BCUT2D eigenvalue weighted by molar-refractivity contribution is 4.69. The first kappa shape index (κ1) is 6.89. The van der Waals surface area contributed by atoms with E-state index in [-0.39, 0.29) is 12.6 Å². The van der Waals surface area contributed by atoms with E-state index in [1.54, 1.807) is 6.92 Å². The van der Waals surface area contributed by atoms with Gasteiger partial charge in [-0.25, -0.2) is 0 Å². The van der Waals surface area contributed by atoms with Crippen molar-refractivity contribution in [1.29, 1.82) is 0 Å². The van der Waals surface area contributed by atoms with Crippen LogP contribution in [-0.2, 0) is 4.74 Å². The summed E-state index contributed by atoms with van der Waals surface area (Å²) in [5.41, 5.74) is 0. The molecule has 2 nitrogen and oxygen atoms in total. The highest BCUT2D eigenvalue weighted by Gasteiger charge is 2.35. The fourth-order valence-corrected chi connectivity index (χ4v) is 0.799. The molecule has 1 atom stereocenters. The van der Waals surface area contributed by atoms with Crippen LogP contribution in [0.3, 0.4) is 0 Å². The number of halogens is 2. The van der Waals surface area contributed by atoms with Gasteiger partial charge < -0.3 is 10.1 Å². The van der Waals surface area contributed by atoms with Crippen molar-refractivity contribution in [2.45, 2.75) is 19.1 Å². The number of hydrogen-bond acceptors (Lipinski definition) is 2. The molecule has 0 bridgehead atoms. The second kappa shape index (κ2) is 2.19. The standard InChI is InChI=1S/C5H9F2NO/c1-4-2-8-3-5(6,7)9-4/h4,8H,2-3H2,1H3/t4-/m0/s1. The minimum Gasteiger partial charge on any atom is -0.315 e. The maximum absolute atomic E-state index is 12.2. The molecule has 0 aromatic rings. The molecule has 0 unspecified atom stereocenters. The van der Waals surface area contributed by atoms with E-state index in [1.807, 2.05) is 0 Å². The first-order chi connectivity index (χ1) is 4.10. The van der Waals surface area contributed by atoms with E-state index >= 15 is 0 Å². The molecule has 1 rings (SSSR count). The van der Waals surface area contributed by atoms with Gasteiger partial charge in [0, 0.05) is 6.54 Å². The molecular formula is C5H9F2NO. The normalized spacial score (nSPS) is 34.3. The molecule has 1 aliphatic rings. The monoisotopic (exact) mass is 137 g/mol. The van der Waals surface area contributed by atoms with Crippen molar-refractivity contribution in [3.63, 3.8) is 0 Å². The van der Waals surface area contributed by atoms with Gasteiger partial charge in [0.2, 0.25) is 0 Å².